The summed E-state index contributed by atoms with van der Waals surface area (Å²) in [5.74, 6) is 0.0264. The molecule has 1 fully saturated rings. The Morgan fingerprint density at radius 1 is 1.14 bits per heavy atom. The predicted octanol–water partition coefficient (Wildman–Crippen LogP) is 4.28. The highest BCUT2D eigenvalue weighted by Crippen LogP contribution is 2.41. The molecule has 5 N–H and O–H groups in total. The largest absolute Gasteiger partial charge is 0.445 e. The molecule has 1 aromatic heterocycles. The number of carbonyl (C=O) groups is 2. The summed E-state index contributed by atoms with van der Waals surface area (Å²) in [7, 11) is 0. The Balaban J connectivity index is 1.45. The number of rotatable bonds is 10. The Kier molecular flexibility index (Phi) is 7.14. The summed E-state index contributed by atoms with van der Waals surface area (Å²) in [5.41, 5.74) is 8.06. The highest BCUT2D eigenvalue weighted by Gasteiger charge is 2.50. The molecule has 3 aromatic rings. The fourth-order valence-electron chi connectivity index (χ4n) is 4.03. The number of anilines is 3. The van der Waals surface area contributed by atoms with Crippen LogP contribution in [-0.4, -0.2) is 33.5 Å². The summed E-state index contributed by atoms with van der Waals surface area (Å²) in [6.45, 7) is 4.21. The van der Waals surface area contributed by atoms with Crippen molar-refractivity contribution >= 4 is 29.5 Å². The van der Waals surface area contributed by atoms with Gasteiger partial charge in [-0.05, 0) is 49.4 Å². The summed E-state index contributed by atoms with van der Waals surface area (Å²) in [4.78, 5) is 33.3. The summed E-state index contributed by atoms with van der Waals surface area (Å²) in [6, 6.07) is 17.1. The van der Waals surface area contributed by atoms with Crippen molar-refractivity contribution in [2.75, 3.05) is 10.6 Å². The zero-order valence-electron chi connectivity index (χ0n) is 19.9. The van der Waals surface area contributed by atoms with E-state index in [2.05, 4.69) is 25.9 Å². The van der Waals surface area contributed by atoms with Crippen molar-refractivity contribution in [3.63, 3.8) is 0 Å². The Morgan fingerprint density at radius 2 is 1.91 bits per heavy atom. The lowest BCUT2D eigenvalue weighted by Crippen LogP contribution is -2.49. The van der Waals surface area contributed by atoms with E-state index in [9.17, 15) is 9.59 Å². The van der Waals surface area contributed by atoms with Gasteiger partial charge in [0.25, 0.3) is 5.91 Å². The van der Waals surface area contributed by atoms with Crippen LogP contribution in [0.5, 0.6) is 0 Å². The topological polar surface area (TPSA) is 131 Å². The summed E-state index contributed by atoms with van der Waals surface area (Å²) < 4.78 is 5.42. The van der Waals surface area contributed by atoms with Crippen LogP contribution in [0, 0.1) is 6.92 Å². The standard InChI is InChI=1S/C26H30N6O3/c1-3-21(26(12-13-26)32-25(34)35-16-18-9-5-4-6-10-18)30-24-28-15-20(22(27)33)23(31-24)29-19-11-7-8-17(2)14-19/h4-11,14-15,21H,3,12-13,16H2,1-2H3,(H2,27,33)(H,32,34)(H2,28,29,30,31). The lowest BCUT2D eigenvalue weighted by Gasteiger charge is -2.28. The first-order chi connectivity index (χ1) is 16.9. The van der Waals surface area contributed by atoms with Gasteiger partial charge in [0.1, 0.15) is 18.0 Å². The number of aromatic nitrogens is 2. The molecule has 35 heavy (non-hydrogen) atoms. The van der Waals surface area contributed by atoms with Gasteiger partial charge in [-0.15, -0.1) is 0 Å². The van der Waals surface area contributed by atoms with Crippen molar-refractivity contribution in [1.29, 1.82) is 0 Å². The first kappa shape index (κ1) is 24.0. The van der Waals surface area contributed by atoms with Gasteiger partial charge < -0.3 is 26.4 Å². The number of primary amides is 1. The maximum atomic E-state index is 12.5. The number of amides is 2. The van der Waals surface area contributed by atoms with E-state index in [-0.39, 0.29) is 18.2 Å². The van der Waals surface area contributed by atoms with Gasteiger partial charge >= 0.3 is 6.09 Å². The van der Waals surface area contributed by atoms with Crippen molar-refractivity contribution in [3.8, 4) is 0 Å². The van der Waals surface area contributed by atoms with Gasteiger partial charge in [0, 0.05) is 11.9 Å². The Bertz CT molecular complexity index is 1200. The molecule has 0 aliphatic heterocycles. The van der Waals surface area contributed by atoms with Crippen LogP contribution < -0.4 is 21.7 Å². The van der Waals surface area contributed by atoms with E-state index >= 15 is 0 Å². The zero-order valence-corrected chi connectivity index (χ0v) is 19.9. The van der Waals surface area contributed by atoms with Crippen LogP contribution in [0.2, 0.25) is 0 Å². The van der Waals surface area contributed by atoms with Gasteiger partial charge in [-0.25, -0.2) is 9.78 Å². The molecular formula is C26H30N6O3. The maximum absolute atomic E-state index is 12.5. The predicted molar refractivity (Wildman–Crippen MR) is 134 cm³/mol. The molecule has 0 saturated heterocycles. The van der Waals surface area contributed by atoms with E-state index in [1.807, 2.05) is 68.4 Å². The second-order valence-corrected chi connectivity index (χ2v) is 8.76. The Labute approximate surface area is 204 Å². The van der Waals surface area contributed by atoms with Crippen molar-refractivity contribution in [3.05, 3.63) is 77.5 Å². The molecule has 1 aliphatic carbocycles. The quantitative estimate of drug-likeness (QED) is 0.345. The molecule has 9 heteroatoms. The lowest BCUT2D eigenvalue weighted by atomic mass is 10.0. The zero-order chi connectivity index (χ0) is 24.8. The van der Waals surface area contributed by atoms with Crippen molar-refractivity contribution in [1.82, 2.24) is 15.3 Å². The minimum atomic E-state index is -0.625. The molecule has 0 radical (unpaired) electrons. The molecule has 4 rings (SSSR count). The van der Waals surface area contributed by atoms with Crippen LogP contribution in [0.25, 0.3) is 0 Å². The Morgan fingerprint density at radius 3 is 2.57 bits per heavy atom. The normalized spacial score (nSPS) is 14.5. The number of hydrogen-bond acceptors (Lipinski definition) is 7. The number of ether oxygens (including phenoxy) is 1. The minimum absolute atomic E-state index is 0.127. The highest BCUT2D eigenvalue weighted by molar-refractivity contribution is 5.98. The van der Waals surface area contributed by atoms with Crippen LogP contribution >= 0.6 is 0 Å². The number of nitrogens with one attached hydrogen (secondary N) is 3. The number of alkyl carbamates (subject to hydrolysis) is 1. The number of nitrogens with zero attached hydrogens (tertiary/aromatic N) is 2. The first-order valence-electron chi connectivity index (χ1n) is 11.6. The first-order valence-corrected chi connectivity index (χ1v) is 11.6. The molecular weight excluding hydrogens is 444 g/mol. The number of aryl methyl sites for hydroxylation is 1. The van der Waals surface area contributed by atoms with E-state index in [1.165, 1.54) is 6.20 Å². The molecule has 1 unspecified atom stereocenters. The Hall–Kier alpha value is -4.14. The number of nitrogens with two attached hydrogens (primary N) is 1. The van der Waals surface area contributed by atoms with Gasteiger partial charge in [-0.1, -0.05) is 49.4 Å². The number of benzene rings is 2. The third-order valence-electron chi connectivity index (χ3n) is 6.07. The molecule has 9 nitrogen and oxygen atoms in total. The van der Waals surface area contributed by atoms with Crippen LogP contribution in [0.4, 0.5) is 22.2 Å². The molecule has 1 atom stereocenters. The minimum Gasteiger partial charge on any atom is -0.445 e. The van der Waals surface area contributed by atoms with Crippen molar-refractivity contribution < 1.29 is 14.3 Å². The summed E-state index contributed by atoms with van der Waals surface area (Å²) in [6.07, 6.45) is 3.29. The average Bonchev–Trinajstić information content (AvgIpc) is 3.62. The third kappa shape index (κ3) is 6.06. The smallest absolute Gasteiger partial charge is 0.407 e. The molecule has 182 valence electrons. The highest BCUT2D eigenvalue weighted by atomic mass is 16.5. The molecule has 1 aliphatic rings. The van der Waals surface area contributed by atoms with Gasteiger partial charge in [0.15, 0.2) is 0 Å². The third-order valence-corrected chi connectivity index (χ3v) is 6.07. The monoisotopic (exact) mass is 474 g/mol. The molecule has 2 amide bonds. The molecule has 0 bridgehead atoms. The van der Waals surface area contributed by atoms with Gasteiger partial charge in [0.05, 0.1) is 11.6 Å². The maximum Gasteiger partial charge on any atom is 0.407 e. The second-order valence-electron chi connectivity index (χ2n) is 8.76. The van der Waals surface area contributed by atoms with E-state index in [0.717, 1.165) is 36.1 Å². The SMILES string of the molecule is CCC(Nc1ncc(C(N)=O)c(Nc2cccc(C)c2)n1)C1(NC(=O)OCc2ccccc2)CC1. The average molecular weight is 475 g/mol. The summed E-state index contributed by atoms with van der Waals surface area (Å²) in [5, 5.41) is 9.52. The second kappa shape index (κ2) is 10.4. The van der Waals surface area contributed by atoms with E-state index in [0.29, 0.717) is 11.8 Å². The van der Waals surface area contributed by atoms with Crippen LogP contribution in [0.3, 0.4) is 0 Å². The lowest BCUT2D eigenvalue weighted by molar-refractivity contribution is 0.1000. The van der Waals surface area contributed by atoms with Crippen LogP contribution in [0.1, 0.15) is 47.7 Å². The fourth-order valence-corrected chi connectivity index (χ4v) is 4.03. The van der Waals surface area contributed by atoms with Gasteiger partial charge in [0.2, 0.25) is 5.95 Å². The van der Waals surface area contributed by atoms with Crippen LogP contribution in [0.15, 0.2) is 60.8 Å². The van der Waals surface area contributed by atoms with Crippen LogP contribution in [-0.2, 0) is 11.3 Å². The number of hydrogen-bond donors (Lipinski definition) is 4. The fraction of sp³-hybridized carbons (Fsp3) is 0.308. The molecule has 1 saturated carbocycles. The van der Waals surface area contributed by atoms with E-state index in [1.54, 1.807) is 0 Å². The summed E-state index contributed by atoms with van der Waals surface area (Å²) >= 11 is 0. The molecule has 2 aromatic carbocycles. The van der Waals surface area contributed by atoms with Gasteiger partial charge in [-0.2, -0.15) is 4.98 Å². The van der Waals surface area contributed by atoms with Crippen molar-refractivity contribution in [2.45, 2.75) is 51.3 Å². The molecule has 0 spiro atoms. The van der Waals surface area contributed by atoms with E-state index in [4.69, 9.17) is 10.5 Å². The molecule has 1 heterocycles. The number of carbonyl (C=O) groups excluding carboxylic acids is 2. The van der Waals surface area contributed by atoms with Crippen molar-refractivity contribution in [2.24, 2.45) is 5.73 Å². The van der Waals surface area contributed by atoms with E-state index < -0.39 is 17.5 Å². The van der Waals surface area contributed by atoms with Gasteiger partial charge in [-0.3, -0.25) is 4.79 Å².